The van der Waals surface area contributed by atoms with Crippen LogP contribution in [0.2, 0.25) is 0 Å². The van der Waals surface area contributed by atoms with E-state index in [-0.39, 0.29) is 0 Å². The molecule has 0 spiro atoms. The lowest BCUT2D eigenvalue weighted by Gasteiger charge is -2.13. The second-order valence-corrected chi connectivity index (χ2v) is 5.15. The zero-order chi connectivity index (χ0) is 13.1. The van der Waals surface area contributed by atoms with E-state index >= 15 is 0 Å². The van der Waals surface area contributed by atoms with E-state index in [9.17, 15) is 0 Å². The van der Waals surface area contributed by atoms with Crippen molar-refractivity contribution in [2.75, 3.05) is 0 Å². The fraction of sp³-hybridized carbons (Fsp3) is 0.333. The molecule has 18 heavy (non-hydrogen) atoms. The van der Waals surface area contributed by atoms with E-state index in [0.717, 1.165) is 6.42 Å². The van der Waals surface area contributed by atoms with Crippen molar-refractivity contribution in [3.05, 3.63) is 64.8 Å². The average Bonchev–Trinajstić information content (AvgIpc) is 2.68. The maximum atomic E-state index is 2.27. The minimum absolute atomic E-state index is 0.574. The van der Waals surface area contributed by atoms with Crippen molar-refractivity contribution in [3.8, 4) is 0 Å². The molecule has 0 fully saturated rings. The maximum absolute atomic E-state index is 2.27. The number of hydrogen-bond donors (Lipinski definition) is 0. The molecule has 0 heteroatoms. The average molecular weight is 238 g/mol. The van der Waals surface area contributed by atoms with Crippen LogP contribution in [0.25, 0.3) is 5.57 Å². The molecule has 0 radical (unpaired) electrons. The lowest BCUT2D eigenvalue weighted by Crippen LogP contribution is -1.95. The predicted molar refractivity (Wildman–Crippen MR) is 80.8 cm³/mol. The first-order valence-corrected chi connectivity index (χ1v) is 6.79. The molecular weight excluding hydrogens is 216 g/mol. The van der Waals surface area contributed by atoms with Gasteiger partial charge in [0.05, 0.1) is 0 Å². The Kier molecular flexibility index (Phi) is 3.86. The molecule has 0 atom stereocenters. The van der Waals surface area contributed by atoms with Crippen LogP contribution in [-0.4, -0.2) is 0 Å². The van der Waals surface area contributed by atoms with Gasteiger partial charge in [-0.15, -0.1) is 0 Å². The normalized spacial score (nSPS) is 15.4. The molecular formula is C18H22. The molecule has 0 nitrogen and oxygen atoms in total. The van der Waals surface area contributed by atoms with Crippen molar-refractivity contribution in [3.63, 3.8) is 0 Å². The number of fused-ring (bicyclic) bond motifs is 1. The van der Waals surface area contributed by atoms with E-state index in [2.05, 4.69) is 70.2 Å². The van der Waals surface area contributed by atoms with E-state index in [1.807, 2.05) is 0 Å². The summed E-state index contributed by atoms with van der Waals surface area (Å²) in [5, 5.41) is 0. The lowest BCUT2D eigenvalue weighted by molar-refractivity contribution is 0.861. The van der Waals surface area contributed by atoms with Crippen LogP contribution in [0.5, 0.6) is 0 Å². The smallest absolute Gasteiger partial charge is 0.00135 e. The van der Waals surface area contributed by atoms with E-state index in [4.69, 9.17) is 0 Å². The summed E-state index contributed by atoms with van der Waals surface area (Å²) in [5.41, 5.74) is 7.27. The Hall–Kier alpha value is -1.56. The molecule has 2 rings (SSSR count). The van der Waals surface area contributed by atoms with E-state index < -0.39 is 0 Å². The lowest BCUT2D eigenvalue weighted by atomic mass is 9.91. The van der Waals surface area contributed by atoms with Gasteiger partial charge in [0.1, 0.15) is 0 Å². The third-order valence-electron chi connectivity index (χ3n) is 3.50. The van der Waals surface area contributed by atoms with E-state index in [0.29, 0.717) is 5.92 Å². The highest BCUT2D eigenvalue weighted by Crippen LogP contribution is 2.39. The number of benzene rings is 1. The van der Waals surface area contributed by atoms with Gasteiger partial charge in [-0.25, -0.2) is 0 Å². The van der Waals surface area contributed by atoms with Gasteiger partial charge in [0.25, 0.3) is 0 Å². The second-order valence-electron chi connectivity index (χ2n) is 5.15. The van der Waals surface area contributed by atoms with Gasteiger partial charge in [0, 0.05) is 0 Å². The van der Waals surface area contributed by atoms with Crippen molar-refractivity contribution in [1.29, 1.82) is 0 Å². The number of hydrogen-bond acceptors (Lipinski definition) is 0. The molecule has 94 valence electrons. The van der Waals surface area contributed by atoms with Crippen molar-refractivity contribution in [2.24, 2.45) is 0 Å². The van der Waals surface area contributed by atoms with Crippen molar-refractivity contribution in [1.82, 2.24) is 0 Å². The molecule has 1 aromatic carbocycles. The SMILES string of the molecule is C/C=C\C1=C(/C=C\C)c2c(cccc2C(C)C)C1. The molecule has 1 aromatic rings. The van der Waals surface area contributed by atoms with Crippen LogP contribution in [-0.2, 0) is 6.42 Å². The van der Waals surface area contributed by atoms with E-state index in [1.165, 1.54) is 27.8 Å². The highest BCUT2D eigenvalue weighted by atomic mass is 14.3. The minimum atomic E-state index is 0.574. The molecule has 0 unspecified atom stereocenters. The molecule has 0 aromatic heterocycles. The molecule has 0 heterocycles. The molecule has 0 saturated carbocycles. The topological polar surface area (TPSA) is 0 Å². The summed E-state index contributed by atoms with van der Waals surface area (Å²) in [6.07, 6.45) is 9.86. The summed E-state index contributed by atoms with van der Waals surface area (Å²) in [4.78, 5) is 0. The Morgan fingerprint density at radius 3 is 2.39 bits per heavy atom. The molecule has 0 N–H and O–H groups in total. The standard InChI is InChI=1S/C18H22/c1-5-8-14-12-15-10-7-11-16(13(3)4)18(15)17(14)9-6-2/h5-11,13H,12H2,1-4H3/b8-5-,9-6-. The van der Waals surface area contributed by atoms with Crippen LogP contribution < -0.4 is 0 Å². The van der Waals surface area contributed by atoms with Gasteiger partial charge in [0.15, 0.2) is 0 Å². The minimum Gasteiger partial charge on any atom is -0.0874 e. The van der Waals surface area contributed by atoms with Crippen LogP contribution in [0, 0.1) is 0 Å². The largest absolute Gasteiger partial charge is 0.0874 e. The van der Waals surface area contributed by atoms with Crippen LogP contribution in [0.1, 0.15) is 50.3 Å². The summed E-state index contributed by atoms with van der Waals surface area (Å²) in [5.74, 6) is 0.574. The molecule has 1 aliphatic rings. The first-order valence-electron chi connectivity index (χ1n) is 6.79. The Bertz CT molecular complexity index is 525. The fourth-order valence-electron chi connectivity index (χ4n) is 2.74. The maximum Gasteiger partial charge on any atom is -0.00135 e. The highest BCUT2D eigenvalue weighted by Gasteiger charge is 2.21. The second kappa shape index (κ2) is 5.39. The third kappa shape index (κ3) is 2.20. The van der Waals surface area contributed by atoms with Gasteiger partial charge in [-0.1, -0.05) is 56.4 Å². The Morgan fingerprint density at radius 1 is 1.06 bits per heavy atom. The monoisotopic (exact) mass is 238 g/mol. The van der Waals surface area contributed by atoms with Gasteiger partial charge in [0.2, 0.25) is 0 Å². The van der Waals surface area contributed by atoms with Gasteiger partial charge in [-0.2, -0.15) is 0 Å². The van der Waals surface area contributed by atoms with Crippen LogP contribution >= 0.6 is 0 Å². The Balaban J connectivity index is 2.64. The number of allylic oxidation sites excluding steroid dienone is 6. The molecule has 0 saturated heterocycles. The quantitative estimate of drug-likeness (QED) is 0.672. The summed E-state index contributed by atoms with van der Waals surface area (Å²) in [6.45, 7) is 8.73. The van der Waals surface area contributed by atoms with Gasteiger partial charge in [-0.3, -0.25) is 0 Å². The first kappa shape index (κ1) is 12.9. The summed E-state index contributed by atoms with van der Waals surface area (Å²) in [7, 11) is 0. The van der Waals surface area contributed by atoms with Crippen LogP contribution in [0.15, 0.2) is 48.1 Å². The summed E-state index contributed by atoms with van der Waals surface area (Å²) < 4.78 is 0. The van der Waals surface area contributed by atoms with Gasteiger partial charge < -0.3 is 0 Å². The molecule has 1 aliphatic carbocycles. The van der Waals surface area contributed by atoms with Crippen LogP contribution in [0.3, 0.4) is 0 Å². The zero-order valence-corrected chi connectivity index (χ0v) is 11.8. The Labute approximate surface area is 111 Å². The highest BCUT2D eigenvalue weighted by molar-refractivity contribution is 5.86. The molecule has 0 aliphatic heterocycles. The first-order chi connectivity index (χ1) is 8.69. The van der Waals surface area contributed by atoms with Crippen molar-refractivity contribution >= 4 is 5.57 Å². The third-order valence-corrected chi connectivity index (χ3v) is 3.50. The predicted octanol–water partition coefficient (Wildman–Crippen LogP) is 5.27. The molecule has 0 bridgehead atoms. The van der Waals surface area contributed by atoms with E-state index in [1.54, 1.807) is 0 Å². The van der Waals surface area contributed by atoms with Gasteiger partial charge in [-0.05, 0) is 54.0 Å². The van der Waals surface area contributed by atoms with Gasteiger partial charge >= 0.3 is 0 Å². The van der Waals surface area contributed by atoms with Crippen molar-refractivity contribution in [2.45, 2.75) is 40.0 Å². The number of rotatable bonds is 3. The Morgan fingerprint density at radius 2 is 1.78 bits per heavy atom. The van der Waals surface area contributed by atoms with Crippen LogP contribution in [0.4, 0.5) is 0 Å². The summed E-state index contributed by atoms with van der Waals surface area (Å²) >= 11 is 0. The zero-order valence-electron chi connectivity index (χ0n) is 11.8. The van der Waals surface area contributed by atoms with Crippen molar-refractivity contribution < 1.29 is 0 Å². The fourth-order valence-corrected chi connectivity index (χ4v) is 2.74. The molecule has 0 amide bonds. The summed E-state index contributed by atoms with van der Waals surface area (Å²) in [6, 6.07) is 6.73.